The number of benzene rings is 2. The fraction of sp³-hybridized carbons (Fsp3) is 0.480. The molecular formula is C25H35NO5S. The van der Waals surface area contributed by atoms with Crippen molar-refractivity contribution in [1.29, 1.82) is 0 Å². The van der Waals surface area contributed by atoms with Crippen LogP contribution in [-0.2, 0) is 16.6 Å². The standard InChI is InChI=1S/C25H35NO5S/c1-19(2)9-7-5-4-6-8-16-32(29,30)26-23-15-10-20(3)17-24(23)31-18-21-11-13-22(14-12-21)25(27)28/h10-15,17,19,26H,4-9,16,18H2,1-3H3,(H,27,28). The van der Waals surface area contributed by atoms with Gasteiger partial charge in [0.05, 0.1) is 17.0 Å². The molecule has 0 unspecified atom stereocenters. The highest BCUT2D eigenvalue weighted by Crippen LogP contribution is 2.28. The first kappa shape index (κ1) is 25.7. The molecule has 0 bridgehead atoms. The van der Waals surface area contributed by atoms with Crippen molar-refractivity contribution in [2.45, 2.75) is 65.9 Å². The van der Waals surface area contributed by atoms with Gasteiger partial charge in [0, 0.05) is 0 Å². The summed E-state index contributed by atoms with van der Waals surface area (Å²) in [4.78, 5) is 11.0. The van der Waals surface area contributed by atoms with E-state index < -0.39 is 16.0 Å². The summed E-state index contributed by atoms with van der Waals surface area (Å²) in [7, 11) is -3.47. The molecule has 176 valence electrons. The number of hydrogen-bond acceptors (Lipinski definition) is 4. The molecule has 2 rings (SSSR count). The van der Waals surface area contributed by atoms with Crippen molar-refractivity contribution in [3.8, 4) is 5.75 Å². The number of rotatable bonds is 14. The Labute approximate surface area is 192 Å². The second kappa shape index (κ2) is 12.5. The summed E-state index contributed by atoms with van der Waals surface area (Å²) in [5.41, 5.74) is 2.36. The summed E-state index contributed by atoms with van der Waals surface area (Å²) in [6, 6.07) is 11.7. The van der Waals surface area contributed by atoms with E-state index >= 15 is 0 Å². The van der Waals surface area contributed by atoms with Gasteiger partial charge in [0.2, 0.25) is 10.0 Å². The lowest BCUT2D eigenvalue weighted by atomic mass is 10.0. The lowest BCUT2D eigenvalue weighted by Crippen LogP contribution is -2.17. The molecule has 0 aromatic heterocycles. The lowest BCUT2D eigenvalue weighted by molar-refractivity contribution is 0.0697. The zero-order valence-electron chi connectivity index (χ0n) is 19.3. The van der Waals surface area contributed by atoms with Gasteiger partial charge >= 0.3 is 5.97 Å². The van der Waals surface area contributed by atoms with Crippen LogP contribution >= 0.6 is 0 Å². The summed E-state index contributed by atoms with van der Waals surface area (Å²) in [5.74, 6) is 0.267. The number of ether oxygens (including phenoxy) is 1. The Balaban J connectivity index is 1.90. The van der Waals surface area contributed by atoms with E-state index in [9.17, 15) is 13.2 Å². The minimum absolute atomic E-state index is 0.0845. The number of aromatic carboxylic acids is 1. The summed E-state index contributed by atoms with van der Waals surface area (Å²) in [6.45, 7) is 6.55. The average molecular weight is 462 g/mol. The van der Waals surface area contributed by atoms with E-state index in [1.165, 1.54) is 25.0 Å². The number of carboxylic acid groups (broad SMARTS) is 1. The minimum atomic E-state index is -3.47. The van der Waals surface area contributed by atoms with Crippen LogP contribution in [0.25, 0.3) is 0 Å². The Morgan fingerprint density at radius 1 is 1.00 bits per heavy atom. The first-order chi connectivity index (χ1) is 15.2. The van der Waals surface area contributed by atoms with E-state index in [0.29, 0.717) is 17.9 Å². The molecule has 2 aromatic rings. The zero-order chi connectivity index (χ0) is 23.6. The van der Waals surface area contributed by atoms with E-state index in [2.05, 4.69) is 18.6 Å². The van der Waals surface area contributed by atoms with Gasteiger partial charge in [-0.05, 0) is 54.7 Å². The van der Waals surface area contributed by atoms with Crippen LogP contribution in [0, 0.1) is 12.8 Å². The molecule has 0 fully saturated rings. The fourth-order valence-corrected chi connectivity index (χ4v) is 4.52. The Kier molecular flexibility index (Phi) is 10.0. The summed E-state index contributed by atoms with van der Waals surface area (Å²) >= 11 is 0. The molecule has 0 aliphatic carbocycles. The largest absolute Gasteiger partial charge is 0.487 e. The van der Waals surface area contributed by atoms with Crippen LogP contribution < -0.4 is 9.46 Å². The highest BCUT2D eigenvalue weighted by Gasteiger charge is 2.14. The molecule has 0 heterocycles. The van der Waals surface area contributed by atoms with Gasteiger partial charge in [-0.3, -0.25) is 4.72 Å². The Hall–Kier alpha value is -2.54. The quantitative estimate of drug-likeness (QED) is 0.336. The Bertz CT molecular complexity index is 968. The van der Waals surface area contributed by atoms with Crippen LogP contribution in [-0.4, -0.2) is 25.2 Å². The summed E-state index contributed by atoms with van der Waals surface area (Å²) < 4.78 is 33.7. The molecule has 2 aromatic carbocycles. The van der Waals surface area contributed by atoms with E-state index in [1.54, 1.807) is 24.3 Å². The second-order valence-electron chi connectivity index (χ2n) is 8.66. The maximum absolute atomic E-state index is 12.6. The van der Waals surface area contributed by atoms with Crippen molar-refractivity contribution in [1.82, 2.24) is 0 Å². The van der Waals surface area contributed by atoms with Crippen molar-refractivity contribution in [3.05, 3.63) is 59.2 Å². The Morgan fingerprint density at radius 2 is 1.66 bits per heavy atom. The highest BCUT2D eigenvalue weighted by atomic mass is 32.2. The first-order valence-corrected chi connectivity index (χ1v) is 12.9. The monoisotopic (exact) mass is 461 g/mol. The summed E-state index contributed by atoms with van der Waals surface area (Å²) in [6.07, 6.45) is 6.17. The Morgan fingerprint density at radius 3 is 2.31 bits per heavy atom. The van der Waals surface area contributed by atoms with Gasteiger partial charge in [-0.1, -0.05) is 64.2 Å². The molecule has 0 radical (unpaired) electrons. The van der Waals surface area contributed by atoms with Crippen LogP contribution in [0.4, 0.5) is 5.69 Å². The van der Waals surface area contributed by atoms with Crippen LogP contribution in [0.5, 0.6) is 5.75 Å². The molecule has 2 N–H and O–H groups in total. The predicted octanol–water partition coefficient (Wildman–Crippen LogP) is 6.01. The molecule has 7 heteroatoms. The van der Waals surface area contributed by atoms with Crippen LogP contribution in [0.2, 0.25) is 0 Å². The normalized spacial score (nSPS) is 11.5. The number of anilines is 1. The smallest absolute Gasteiger partial charge is 0.335 e. The van der Waals surface area contributed by atoms with Gasteiger partial charge in [-0.15, -0.1) is 0 Å². The van der Waals surface area contributed by atoms with Crippen molar-refractivity contribution in [3.63, 3.8) is 0 Å². The molecule has 0 saturated heterocycles. The molecule has 0 spiro atoms. The van der Waals surface area contributed by atoms with E-state index in [4.69, 9.17) is 9.84 Å². The summed E-state index contributed by atoms with van der Waals surface area (Å²) in [5, 5.41) is 9.00. The van der Waals surface area contributed by atoms with Crippen LogP contribution in [0.1, 0.15) is 73.9 Å². The van der Waals surface area contributed by atoms with Crippen molar-refractivity contribution in [2.24, 2.45) is 5.92 Å². The maximum atomic E-state index is 12.6. The molecule has 32 heavy (non-hydrogen) atoms. The van der Waals surface area contributed by atoms with Crippen molar-refractivity contribution in [2.75, 3.05) is 10.5 Å². The first-order valence-electron chi connectivity index (χ1n) is 11.2. The number of nitrogens with one attached hydrogen (secondary N) is 1. The molecule has 0 atom stereocenters. The van der Waals surface area contributed by atoms with Gasteiger partial charge in [-0.2, -0.15) is 0 Å². The topological polar surface area (TPSA) is 92.7 Å². The van der Waals surface area contributed by atoms with Crippen molar-refractivity contribution >= 4 is 21.7 Å². The van der Waals surface area contributed by atoms with Crippen LogP contribution in [0.15, 0.2) is 42.5 Å². The number of carbonyl (C=O) groups is 1. The third kappa shape index (κ3) is 9.30. The van der Waals surface area contributed by atoms with Gasteiger partial charge in [0.15, 0.2) is 0 Å². The minimum Gasteiger partial charge on any atom is -0.487 e. The van der Waals surface area contributed by atoms with Crippen LogP contribution in [0.3, 0.4) is 0 Å². The van der Waals surface area contributed by atoms with Gasteiger partial charge in [0.25, 0.3) is 0 Å². The molecule has 0 amide bonds. The predicted molar refractivity (Wildman–Crippen MR) is 129 cm³/mol. The third-order valence-corrected chi connectivity index (χ3v) is 6.55. The van der Waals surface area contributed by atoms with Gasteiger partial charge < -0.3 is 9.84 Å². The highest BCUT2D eigenvalue weighted by molar-refractivity contribution is 7.92. The number of aryl methyl sites for hydroxylation is 1. The molecule has 0 aliphatic heterocycles. The molecule has 6 nitrogen and oxygen atoms in total. The SMILES string of the molecule is Cc1ccc(NS(=O)(=O)CCCCCCCC(C)C)c(OCc2ccc(C(=O)O)cc2)c1. The lowest BCUT2D eigenvalue weighted by Gasteiger charge is -2.15. The number of carboxylic acids is 1. The zero-order valence-corrected chi connectivity index (χ0v) is 20.1. The van der Waals surface area contributed by atoms with Gasteiger partial charge in [-0.25, -0.2) is 13.2 Å². The maximum Gasteiger partial charge on any atom is 0.335 e. The van der Waals surface area contributed by atoms with E-state index in [0.717, 1.165) is 36.3 Å². The third-order valence-electron chi connectivity index (χ3n) is 5.19. The average Bonchev–Trinajstić information content (AvgIpc) is 2.73. The molecule has 0 aliphatic rings. The number of hydrogen-bond donors (Lipinski definition) is 2. The van der Waals surface area contributed by atoms with E-state index in [-0.39, 0.29) is 17.9 Å². The molecule has 0 saturated carbocycles. The van der Waals surface area contributed by atoms with Gasteiger partial charge in [0.1, 0.15) is 12.4 Å². The number of unbranched alkanes of at least 4 members (excludes halogenated alkanes) is 4. The van der Waals surface area contributed by atoms with E-state index in [1.807, 2.05) is 13.0 Å². The second-order valence-corrected chi connectivity index (χ2v) is 10.5. The molecular weight excluding hydrogens is 426 g/mol. The number of sulfonamides is 1. The van der Waals surface area contributed by atoms with Crippen molar-refractivity contribution < 1.29 is 23.1 Å². The fourth-order valence-electron chi connectivity index (χ4n) is 3.33.